The predicted molar refractivity (Wildman–Crippen MR) is 69.3 cm³/mol. The number of aryl methyl sites for hydroxylation is 3. The van der Waals surface area contributed by atoms with Gasteiger partial charge in [0.25, 0.3) is 0 Å². The minimum absolute atomic E-state index is 0.0163. The lowest BCUT2D eigenvalue weighted by atomic mass is 10.2. The fourth-order valence-corrected chi connectivity index (χ4v) is 2.78. The van der Waals surface area contributed by atoms with Crippen molar-refractivity contribution in [2.75, 3.05) is 6.61 Å². The van der Waals surface area contributed by atoms with Crippen LogP contribution in [0.3, 0.4) is 0 Å². The maximum Gasteiger partial charge on any atom is 0.358 e. The lowest BCUT2D eigenvalue weighted by Gasteiger charge is -2.04. The molecule has 0 aliphatic carbocycles. The van der Waals surface area contributed by atoms with Crippen LogP contribution in [0, 0.1) is 13.8 Å². The van der Waals surface area contributed by atoms with E-state index in [4.69, 9.17) is 5.11 Å². The molecule has 0 aliphatic rings. The van der Waals surface area contributed by atoms with Crippen molar-refractivity contribution in [2.45, 2.75) is 26.8 Å². The number of carbonyl (C=O) groups is 1. The molecule has 0 radical (unpaired) electrons. The molecule has 0 unspecified atom stereocenters. The molecule has 19 heavy (non-hydrogen) atoms. The Balaban J connectivity index is 2.54. The highest BCUT2D eigenvalue weighted by molar-refractivity contribution is 7.15. The first kappa shape index (κ1) is 13.6. The van der Waals surface area contributed by atoms with Crippen LogP contribution >= 0.6 is 11.3 Å². The molecule has 0 aromatic carbocycles. The van der Waals surface area contributed by atoms with Crippen molar-refractivity contribution in [3.05, 3.63) is 16.4 Å². The van der Waals surface area contributed by atoms with Gasteiger partial charge in [-0.25, -0.2) is 14.5 Å². The second-order valence-electron chi connectivity index (χ2n) is 4.04. The van der Waals surface area contributed by atoms with Gasteiger partial charge in [-0.15, -0.1) is 16.4 Å². The van der Waals surface area contributed by atoms with Crippen molar-refractivity contribution < 1.29 is 15.0 Å². The number of rotatable bonds is 5. The summed E-state index contributed by atoms with van der Waals surface area (Å²) in [6, 6.07) is 0. The molecule has 0 amide bonds. The van der Waals surface area contributed by atoms with Crippen molar-refractivity contribution in [2.24, 2.45) is 0 Å². The molecule has 0 aliphatic heterocycles. The molecular formula is C11H14N4O3S. The fourth-order valence-electron chi connectivity index (χ4n) is 1.81. The zero-order valence-corrected chi connectivity index (χ0v) is 11.4. The molecule has 0 bridgehead atoms. The van der Waals surface area contributed by atoms with Gasteiger partial charge in [-0.3, -0.25) is 0 Å². The molecule has 0 saturated carbocycles. The van der Waals surface area contributed by atoms with Crippen LogP contribution < -0.4 is 0 Å². The van der Waals surface area contributed by atoms with Crippen molar-refractivity contribution in [3.8, 4) is 10.6 Å². The number of thiazole rings is 1. The summed E-state index contributed by atoms with van der Waals surface area (Å²) in [6.45, 7) is 4.13. The Morgan fingerprint density at radius 1 is 1.42 bits per heavy atom. The average Bonchev–Trinajstić information content (AvgIpc) is 2.89. The normalized spacial score (nSPS) is 10.9. The third-order valence-electron chi connectivity index (χ3n) is 2.58. The van der Waals surface area contributed by atoms with Gasteiger partial charge in [0.2, 0.25) is 0 Å². The number of hydrogen-bond donors (Lipinski definition) is 2. The lowest BCUT2D eigenvalue weighted by molar-refractivity contribution is 0.0691. The number of aromatic carboxylic acids is 1. The van der Waals surface area contributed by atoms with Crippen LogP contribution in [0.4, 0.5) is 0 Å². The van der Waals surface area contributed by atoms with E-state index >= 15 is 0 Å². The molecule has 8 heteroatoms. The second-order valence-corrected chi connectivity index (χ2v) is 5.24. The van der Waals surface area contributed by atoms with Crippen LogP contribution in [-0.2, 0) is 6.54 Å². The molecular weight excluding hydrogens is 268 g/mol. The highest BCUT2D eigenvalue weighted by Gasteiger charge is 2.23. The van der Waals surface area contributed by atoms with Gasteiger partial charge in [0.05, 0.1) is 15.6 Å². The molecule has 2 aromatic heterocycles. The van der Waals surface area contributed by atoms with E-state index in [-0.39, 0.29) is 12.3 Å². The van der Waals surface area contributed by atoms with Crippen LogP contribution in [0.1, 0.15) is 27.6 Å². The smallest absolute Gasteiger partial charge is 0.358 e. The van der Waals surface area contributed by atoms with Crippen LogP contribution in [0.15, 0.2) is 0 Å². The van der Waals surface area contributed by atoms with E-state index in [0.717, 1.165) is 15.6 Å². The molecule has 2 aromatic rings. The summed E-state index contributed by atoms with van der Waals surface area (Å²) < 4.78 is 1.51. The first-order chi connectivity index (χ1) is 9.04. The Morgan fingerprint density at radius 3 is 2.68 bits per heavy atom. The minimum atomic E-state index is -1.12. The Labute approximate surface area is 113 Å². The lowest BCUT2D eigenvalue weighted by Crippen LogP contribution is -2.06. The molecule has 0 atom stereocenters. The number of hydrogen-bond acceptors (Lipinski definition) is 6. The monoisotopic (exact) mass is 282 g/mol. The summed E-state index contributed by atoms with van der Waals surface area (Å²) in [5.74, 6) is -1.12. The Bertz CT molecular complexity index is 605. The minimum Gasteiger partial charge on any atom is -0.476 e. The molecule has 2 heterocycles. The number of nitrogens with zero attached hydrogens (tertiary/aromatic N) is 4. The van der Waals surface area contributed by atoms with E-state index in [0.29, 0.717) is 18.7 Å². The van der Waals surface area contributed by atoms with Gasteiger partial charge in [-0.05, 0) is 20.3 Å². The SMILES string of the molecule is Cc1nc(C)c(-c2c(C(=O)O)nnn2CCCO)s1. The summed E-state index contributed by atoms with van der Waals surface area (Å²) in [6.07, 6.45) is 0.492. The van der Waals surface area contributed by atoms with Gasteiger partial charge in [0.15, 0.2) is 5.69 Å². The second kappa shape index (κ2) is 5.45. The van der Waals surface area contributed by atoms with Crippen LogP contribution in [-0.4, -0.2) is 42.8 Å². The number of aromatic nitrogens is 4. The van der Waals surface area contributed by atoms with Crippen LogP contribution in [0.2, 0.25) is 0 Å². The third kappa shape index (κ3) is 2.64. The topological polar surface area (TPSA) is 101 Å². The Kier molecular flexibility index (Phi) is 3.91. The summed E-state index contributed by atoms with van der Waals surface area (Å²) in [4.78, 5) is 16.3. The largest absolute Gasteiger partial charge is 0.476 e. The maximum absolute atomic E-state index is 11.2. The quantitative estimate of drug-likeness (QED) is 0.851. The number of carboxylic acids is 1. The summed E-state index contributed by atoms with van der Waals surface area (Å²) >= 11 is 1.41. The Hall–Kier alpha value is -1.80. The van der Waals surface area contributed by atoms with Gasteiger partial charge >= 0.3 is 5.97 Å². The molecule has 0 saturated heterocycles. The molecule has 2 rings (SSSR count). The summed E-state index contributed by atoms with van der Waals surface area (Å²) in [7, 11) is 0. The molecule has 0 spiro atoms. The van der Waals surface area contributed by atoms with E-state index in [2.05, 4.69) is 15.3 Å². The standard InChI is InChI=1S/C11H14N4O3S/c1-6-10(19-7(2)12-6)9-8(11(17)18)13-14-15(9)4-3-5-16/h16H,3-5H2,1-2H3,(H,17,18). The van der Waals surface area contributed by atoms with E-state index < -0.39 is 5.97 Å². The molecule has 2 N–H and O–H groups in total. The molecule has 7 nitrogen and oxygen atoms in total. The first-order valence-electron chi connectivity index (χ1n) is 5.76. The van der Waals surface area contributed by atoms with Crippen molar-refractivity contribution in [1.29, 1.82) is 0 Å². The zero-order chi connectivity index (χ0) is 14.0. The third-order valence-corrected chi connectivity index (χ3v) is 3.66. The first-order valence-corrected chi connectivity index (χ1v) is 6.58. The van der Waals surface area contributed by atoms with Gasteiger partial charge in [-0.2, -0.15) is 0 Å². The highest BCUT2D eigenvalue weighted by atomic mass is 32.1. The Morgan fingerprint density at radius 2 is 2.16 bits per heavy atom. The van der Waals surface area contributed by atoms with Crippen molar-refractivity contribution >= 4 is 17.3 Å². The van der Waals surface area contributed by atoms with E-state index in [1.54, 1.807) is 0 Å². The van der Waals surface area contributed by atoms with Gasteiger partial charge in [0, 0.05) is 13.2 Å². The van der Waals surface area contributed by atoms with Crippen molar-refractivity contribution in [1.82, 2.24) is 20.0 Å². The van der Waals surface area contributed by atoms with Crippen LogP contribution in [0.5, 0.6) is 0 Å². The van der Waals surface area contributed by atoms with E-state index in [1.807, 2.05) is 13.8 Å². The zero-order valence-electron chi connectivity index (χ0n) is 10.6. The summed E-state index contributed by atoms with van der Waals surface area (Å²) in [5, 5.41) is 26.5. The van der Waals surface area contributed by atoms with E-state index in [1.165, 1.54) is 16.0 Å². The fraction of sp³-hybridized carbons (Fsp3) is 0.455. The predicted octanol–water partition coefficient (Wildman–Crippen LogP) is 1.10. The van der Waals surface area contributed by atoms with E-state index in [9.17, 15) is 9.90 Å². The van der Waals surface area contributed by atoms with Gasteiger partial charge < -0.3 is 10.2 Å². The van der Waals surface area contributed by atoms with Crippen LogP contribution in [0.25, 0.3) is 10.6 Å². The van der Waals surface area contributed by atoms with Gasteiger partial charge in [-0.1, -0.05) is 5.21 Å². The molecule has 0 fully saturated rings. The van der Waals surface area contributed by atoms with Crippen molar-refractivity contribution in [3.63, 3.8) is 0 Å². The van der Waals surface area contributed by atoms with Gasteiger partial charge in [0.1, 0.15) is 5.69 Å². The summed E-state index contributed by atoms with van der Waals surface area (Å²) in [5.41, 5.74) is 1.14. The maximum atomic E-state index is 11.2. The number of carboxylic acid groups (broad SMARTS) is 1. The average molecular weight is 282 g/mol. The highest BCUT2D eigenvalue weighted by Crippen LogP contribution is 2.31. The molecule has 102 valence electrons. The number of aliphatic hydroxyl groups is 1. The number of aliphatic hydroxyl groups excluding tert-OH is 1.